The van der Waals surface area contributed by atoms with E-state index >= 15 is 0 Å². The minimum absolute atomic E-state index is 0.296. The minimum Gasteiger partial charge on any atom is -0.481 e. The Balaban J connectivity index is 2.85. The number of carboxylic acid groups (broad SMARTS) is 1. The van der Waals surface area contributed by atoms with Crippen molar-refractivity contribution in [2.45, 2.75) is 12.8 Å². The number of rotatable bonds is 7. The molecule has 0 aromatic rings. The molecule has 0 atom stereocenters. The molecule has 0 radical (unpaired) electrons. The first-order valence-corrected chi connectivity index (χ1v) is 6.10. The Kier molecular flexibility index (Phi) is 8.40. The Hall–Kier alpha value is 0.170. The maximum Gasteiger partial charge on any atom is 0.304 e. The number of carboxylic acids is 1. The summed E-state index contributed by atoms with van der Waals surface area (Å²) in [6.07, 6.45) is 3.57. The molecule has 0 amide bonds. The first-order chi connectivity index (χ1) is 5.27. The highest BCUT2D eigenvalue weighted by molar-refractivity contribution is 7.99. The van der Waals surface area contributed by atoms with E-state index in [4.69, 9.17) is 5.11 Å². The quantitative estimate of drug-likeness (QED) is 0.629. The lowest BCUT2D eigenvalue weighted by Crippen LogP contribution is -1.96. The monoisotopic (exact) mass is 194 g/mol. The van der Waals surface area contributed by atoms with Crippen LogP contribution in [0.2, 0.25) is 0 Å². The Bertz CT molecular complexity index is 107. The van der Waals surface area contributed by atoms with Crippen molar-refractivity contribution in [1.82, 2.24) is 0 Å². The van der Waals surface area contributed by atoms with Crippen LogP contribution >= 0.6 is 23.5 Å². The van der Waals surface area contributed by atoms with E-state index in [2.05, 4.69) is 6.26 Å². The van der Waals surface area contributed by atoms with E-state index in [0.717, 1.165) is 11.5 Å². The van der Waals surface area contributed by atoms with E-state index in [1.54, 1.807) is 11.8 Å². The molecule has 0 aliphatic carbocycles. The molecule has 0 aromatic heterocycles. The van der Waals surface area contributed by atoms with Crippen molar-refractivity contribution in [1.29, 1.82) is 0 Å². The van der Waals surface area contributed by atoms with Crippen LogP contribution in [0.4, 0.5) is 0 Å². The standard InChI is InChI=1S/C7H14O2S2/c1-10-4-2-5-11-6-3-7(8)9/h2-6H2,1H3,(H,8,9). The Labute approximate surface area is 76.1 Å². The van der Waals surface area contributed by atoms with Crippen molar-refractivity contribution in [2.75, 3.05) is 23.5 Å². The van der Waals surface area contributed by atoms with E-state index in [9.17, 15) is 4.79 Å². The molecular weight excluding hydrogens is 180 g/mol. The van der Waals surface area contributed by atoms with Crippen LogP contribution in [0.15, 0.2) is 0 Å². The maximum absolute atomic E-state index is 10.1. The highest BCUT2D eigenvalue weighted by Crippen LogP contribution is 2.06. The van der Waals surface area contributed by atoms with E-state index in [1.807, 2.05) is 11.8 Å². The van der Waals surface area contributed by atoms with Crippen molar-refractivity contribution in [3.63, 3.8) is 0 Å². The van der Waals surface area contributed by atoms with Crippen LogP contribution in [0.1, 0.15) is 12.8 Å². The molecule has 0 fully saturated rings. The van der Waals surface area contributed by atoms with E-state index < -0.39 is 5.97 Å². The van der Waals surface area contributed by atoms with Crippen LogP contribution in [-0.2, 0) is 4.79 Å². The van der Waals surface area contributed by atoms with Crippen molar-refractivity contribution in [3.8, 4) is 0 Å². The number of hydrogen-bond acceptors (Lipinski definition) is 3. The van der Waals surface area contributed by atoms with Gasteiger partial charge in [0, 0.05) is 5.75 Å². The molecular formula is C7H14O2S2. The molecule has 0 aliphatic heterocycles. The fourth-order valence-electron chi connectivity index (χ4n) is 0.567. The largest absolute Gasteiger partial charge is 0.481 e. The average molecular weight is 194 g/mol. The zero-order chi connectivity index (χ0) is 8.53. The van der Waals surface area contributed by atoms with Gasteiger partial charge in [-0.25, -0.2) is 0 Å². The van der Waals surface area contributed by atoms with Crippen LogP contribution in [-0.4, -0.2) is 34.6 Å². The summed E-state index contributed by atoms with van der Waals surface area (Å²) < 4.78 is 0. The summed E-state index contributed by atoms with van der Waals surface area (Å²) in [6.45, 7) is 0. The molecule has 11 heavy (non-hydrogen) atoms. The second kappa shape index (κ2) is 8.27. The zero-order valence-electron chi connectivity index (χ0n) is 6.71. The fourth-order valence-corrected chi connectivity index (χ4v) is 2.05. The van der Waals surface area contributed by atoms with Gasteiger partial charge in [-0.3, -0.25) is 4.79 Å². The third kappa shape index (κ3) is 10.2. The smallest absolute Gasteiger partial charge is 0.304 e. The Morgan fingerprint density at radius 3 is 2.64 bits per heavy atom. The lowest BCUT2D eigenvalue weighted by Gasteiger charge is -1.97. The van der Waals surface area contributed by atoms with Gasteiger partial charge >= 0.3 is 5.97 Å². The van der Waals surface area contributed by atoms with E-state index in [1.165, 1.54) is 12.2 Å². The second-order valence-corrected chi connectivity index (χ2v) is 4.31. The first-order valence-electron chi connectivity index (χ1n) is 3.56. The van der Waals surface area contributed by atoms with Gasteiger partial charge in [-0.2, -0.15) is 23.5 Å². The predicted octanol–water partition coefficient (Wildman–Crippen LogP) is 1.95. The molecule has 0 aromatic carbocycles. The minimum atomic E-state index is -0.692. The van der Waals surface area contributed by atoms with Crippen LogP contribution in [0.3, 0.4) is 0 Å². The predicted molar refractivity (Wildman–Crippen MR) is 52.6 cm³/mol. The third-order valence-corrected chi connectivity index (χ3v) is 2.86. The highest BCUT2D eigenvalue weighted by Gasteiger charge is 1.95. The molecule has 0 saturated heterocycles. The molecule has 2 nitrogen and oxygen atoms in total. The lowest BCUT2D eigenvalue weighted by atomic mass is 10.5. The molecule has 1 N–H and O–H groups in total. The molecule has 0 rings (SSSR count). The lowest BCUT2D eigenvalue weighted by molar-refractivity contribution is -0.136. The van der Waals surface area contributed by atoms with Gasteiger partial charge in [-0.15, -0.1) is 0 Å². The summed E-state index contributed by atoms with van der Waals surface area (Å²) in [4.78, 5) is 10.1. The summed E-state index contributed by atoms with van der Waals surface area (Å²) in [6, 6.07) is 0. The van der Waals surface area contributed by atoms with Crippen LogP contribution in [0, 0.1) is 0 Å². The number of thioether (sulfide) groups is 2. The zero-order valence-corrected chi connectivity index (χ0v) is 8.34. The third-order valence-electron chi connectivity index (χ3n) is 1.10. The fraction of sp³-hybridized carbons (Fsp3) is 0.857. The average Bonchev–Trinajstić information content (AvgIpc) is 1.96. The van der Waals surface area contributed by atoms with Gasteiger partial charge in [-0.05, 0) is 24.2 Å². The van der Waals surface area contributed by atoms with Crippen molar-refractivity contribution >= 4 is 29.5 Å². The van der Waals surface area contributed by atoms with Gasteiger partial charge < -0.3 is 5.11 Å². The highest BCUT2D eigenvalue weighted by atomic mass is 32.2. The number of carbonyl (C=O) groups is 1. The molecule has 0 heterocycles. The van der Waals surface area contributed by atoms with Crippen LogP contribution in [0.5, 0.6) is 0 Å². The van der Waals surface area contributed by atoms with Crippen LogP contribution < -0.4 is 0 Å². The van der Waals surface area contributed by atoms with E-state index in [0.29, 0.717) is 6.42 Å². The van der Waals surface area contributed by atoms with Gasteiger partial charge in [0.2, 0.25) is 0 Å². The first kappa shape index (κ1) is 11.2. The molecule has 4 heteroatoms. The molecule has 0 spiro atoms. The molecule has 0 aliphatic rings. The summed E-state index contributed by atoms with van der Waals surface area (Å²) in [5, 5.41) is 8.30. The maximum atomic E-state index is 10.1. The molecule has 0 unspecified atom stereocenters. The van der Waals surface area contributed by atoms with Gasteiger partial charge in [0.15, 0.2) is 0 Å². The molecule has 66 valence electrons. The van der Waals surface area contributed by atoms with E-state index in [-0.39, 0.29) is 0 Å². The van der Waals surface area contributed by atoms with Gasteiger partial charge in [0.25, 0.3) is 0 Å². The van der Waals surface area contributed by atoms with Gasteiger partial charge in [-0.1, -0.05) is 0 Å². The Morgan fingerprint density at radius 2 is 2.09 bits per heavy atom. The molecule has 0 bridgehead atoms. The summed E-state index contributed by atoms with van der Waals surface area (Å²) >= 11 is 3.56. The Morgan fingerprint density at radius 1 is 1.36 bits per heavy atom. The summed E-state index contributed by atoms with van der Waals surface area (Å²) in [7, 11) is 0. The summed E-state index contributed by atoms with van der Waals surface area (Å²) in [5.41, 5.74) is 0. The summed E-state index contributed by atoms with van der Waals surface area (Å²) in [5.74, 6) is 2.33. The van der Waals surface area contributed by atoms with Crippen molar-refractivity contribution in [3.05, 3.63) is 0 Å². The van der Waals surface area contributed by atoms with Crippen molar-refractivity contribution < 1.29 is 9.90 Å². The van der Waals surface area contributed by atoms with Gasteiger partial charge in [0.05, 0.1) is 6.42 Å². The van der Waals surface area contributed by atoms with Gasteiger partial charge in [0.1, 0.15) is 0 Å². The van der Waals surface area contributed by atoms with Crippen molar-refractivity contribution in [2.24, 2.45) is 0 Å². The van der Waals surface area contributed by atoms with Crippen LogP contribution in [0.25, 0.3) is 0 Å². The normalized spacial score (nSPS) is 9.91. The topological polar surface area (TPSA) is 37.3 Å². The second-order valence-electron chi connectivity index (χ2n) is 2.10. The number of hydrogen-bond donors (Lipinski definition) is 1. The molecule has 0 saturated carbocycles. The number of aliphatic carboxylic acids is 1. The SMILES string of the molecule is CSCCCSCCC(=O)O.